The molecule has 0 aliphatic carbocycles. The van der Waals surface area contributed by atoms with Crippen LogP contribution < -0.4 is 0 Å². The van der Waals surface area contributed by atoms with Crippen molar-refractivity contribution in [3.8, 4) is 0 Å². The van der Waals surface area contributed by atoms with Gasteiger partial charge >= 0.3 is 5.97 Å². The molecule has 0 bridgehead atoms. The topological polar surface area (TPSA) is 50.2 Å². The number of rotatable bonds is 6. The van der Waals surface area contributed by atoms with Gasteiger partial charge in [0.25, 0.3) is 0 Å². The predicted octanol–water partition coefficient (Wildman–Crippen LogP) is 3.35. The van der Waals surface area contributed by atoms with E-state index in [1.165, 1.54) is 11.1 Å². The van der Waals surface area contributed by atoms with Crippen molar-refractivity contribution in [2.75, 3.05) is 0 Å². The Morgan fingerprint density at radius 1 is 0.895 bits per heavy atom. The number of aromatic nitrogens is 1. The highest BCUT2D eigenvalue weighted by atomic mass is 16.4. The summed E-state index contributed by atoms with van der Waals surface area (Å²) in [7, 11) is 0. The molecule has 2 rings (SSSR count). The highest BCUT2D eigenvalue weighted by molar-refractivity contribution is 5.87. The Labute approximate surface area is 112 Å². The molecule has 98 valence electrons. The molecular formula is C16H17NO2. The van der Waals surface area contributed by atoms with Gasteiger partial charge in [0.1, 0.15) is 0 Å². The molecular weight excluding hydrogens is 238 g/mol. The van der Waals surface area contributed by atoms with Crippen molar-refractivity contribution in [1.82, 2.24) is 4.98 Å². The second-order valence-electron chi connectivity index (χ2n) is 4.56. The lowest BCUT2D eigenvalue weighted by atomic mass is 10.0. The van der Waals surface area contributed by atoms with Crippen LogP contribution in [-0.2, 0) is 12.8 Å². The molecule has 1 heterocycles. The standard InChI is InChI=1S/C16H17NO2/c18-16(19)15-7-5-13(6-8-15)3-1-2-4-14-9-11-17-12-10-14/h5-12H,1-4H2,(H,18,19). The number of aryl methyl sites for hydroxylation is 2. The molecule has 0 radical (unpaired) electrons. The van der Waals surface area contributed by atoms with Crippen molar-refractivity contribution in [2.45, 2.75) is 25.7 Å². The van der Waals surface area contributed by atoms with Gasteiger partial charge in [0, 0.05) is 12.4 Å². The van der Waals surface area contributed by atoms with Crippen LogP contribution in [0.3, 0.4) is 0 Å². The minimum Gasteiger partial charge on any atom is -0.478 e. The molecule has 0 aliphatic rings. The molecule has 0 spiro atoms. The molecule has 0 saturated heterocycles. The number of hydrogen-bond donors (Lipinski definition) is 1. The third kappa shape index (κ3) is 4.21. The van der Waals surface area contributed by atoms with Gasteiger partial charge in [0.05, 0.1) is 5.56 Å². The molecule has 1 aromatic carbocycles. The van der Waals surface area contributed by atoms with Crippen LogP contribution in [0, 0.1) is 0 Å². The fourth-order valence-corrected chi connectivity index (χ4v) is 2.02. The summed E-state index contributed by atoms with van der Waals surface area (Å²) < 4.78 is 0. The summed E-state index contributed by atoms with van der Waals surface area (Å²) in [5.74, 6) is -0.871. The molecule has 0 atom stereocenters. The minimum absolute atomic E-state index is 0.348. The number of hydrogen-bond acceptors (Lipinski definition) is 2. The van der Waals surface area contributed by atoms with E-state index in [1.807, 2.05) is 36.7 Å². The van der Waals surface area contributed by atoms with Crippen LogP contribution in [0.25, 0.3) is 0 Å². The van der Waals surface area contributed by atoms with Gasteiger partial charge < -0.3 is 5.11 Å². The van der Waals surface area contributed by atoms with E-state index in [0.717, 1.165) is 25.7 Å². The second kappa shape index (κ2) is 6.69. The maximum absolute atomic E-state index is 10.7. The third-order valence-electron chi connectivity index (χ3n) is 3.13. The van der Waals surface area contributed by atoms with Gasteiger partial charge in [-0.3, -0.25) is 4.98 Å². The molecule has 1 aromatic heterocycles. The summed E-state index contributed by atoms with van der Waals surface area (Å²) in [4.78, 5) is 14.7. The van der Waals surface area contributed by atoms with Gasteiger partial charge in [-0.2, -0.15) is 0 Å². The Morgan fingerprint density at radius 3 is 1.95 bits per heavy atom. The number of nitrogens with zero attached hydrogens (tertiary/aromatic N) is 1. The quantitative estimate of drug-likeness (QED) is 0.805. The first-order valence-corrected chi connectivity index (χ1v) is 6.47. The summed E-state index contributed by atoms with van der Waals surface area (Å²) in [5, 5.41) is 8.81. The molecule has 0 saturated carbocycles. The fourth-order valence-electron chi connectivity index (χ4n) is 2.02. The number of benzene rings is 1. The Hall–Kier alpha value is -2.16. The van der Waals surface area contributed by atoms with E-state index in [9.17, 15) is 4.79 Å². The van der Waals surface area contributed by atoms with Crippen LogP contribution in [0.2, 0.25) is 0 Å². The average molecular weight is 255 g/mol. The summed E-state index contributed by atoms with van der Waals surface area (Å²) >= 11 is 0. The zero-order valence-electron chi connectivity index (χ0n) is 10.7. The number of carboxylic acids is 1. The van der Waals surface area contributed by atoms with Crippen LogP contribution in [0.5, 0.6) is 0 Å². The number of aromatic carboxylic acids is 1. The summed E-state index contributed by atoms with van der Waals surface area (Å²) in [6, 6.07) is 11.2. The molecule has 2 aromatic rings. The number of carbonyl (C=O) groups is 1. The summed E-state index contributed by atoms with van der Waals surface area (Å²) in [6.45, 7) is 0. The van der Waals surface area contributed by atoms with E-state index in [2.05, 4.69) is 4.98 Å². The smallest absolute Gasteiger partial charge is 0.335 e. The lowest BCUT2D eigenvalue weighted by Crippen LogP contribution is -1.96. The first kappa shape index (κ1) is 13.3. The van der Waals surface area contributed by atoms with Crippen molar-refractivity contribution in [2.24, 2.45) is 0 Å². The monoisotopic (exact) mass is 255 g/mol. The second-order valence-corrected chi connectivity index (χ2v) is 4.56. The van der Waals surface area contributed by atoms with Crippen LogP contribution in [0.15, 0.2) is 48.8 Å². The molecule has 3 heteroatoms. The maximum atomic E-state index is 10.7. The highest BCUT2D eigenvalue weighted by Crippen LogP contribution is 2.10. The first-order valence-electron chi connectivity index (χ1n) is 6.47. The van der Waals surface area contributed by atoms with Gasteiger partial charge in [0.15, 0.2) is 0 Å². The van der Waals surface area contributed by atoms with E-state index in [4.69, 9.17) is 5.11 Å². The molecule has 0 amide bonds. The van der Waals surface area contributed by atoms with Crippen molar-refractivity contribution in [1.29, 1.82) is 0 Å². The first-order chi connectivity index (χ1) is 9.25. The zero-order valence-corrected chi connectivity index (χ0v) is 10.7. The van der Waals surface area contributed by atoms with Gasteiger partial charge in [-0.25, -0.2) is 4.79 Å². The maximum Gasteiger partial charge on any atom is 0.335 e. The minimum atomic E-state index is -0.871. The Balaban J connectivity index is 1.75. The van der Waals surface area contributed by atoms with Crippen LogP contribution in [0.4, 0.5) is 0 Å². The fraction of sp³-hybridized carbons (Fsp3) is 0.250. The Morgan fingerprint density at radius 2 is 1.42 bits per heavy atom. The van der Waals surface area contributed by atoms with Gasteiger partial charge in [0.2, 0.25) is 0 Å². The summed E-state index contributed by atoms with van der Waals surface area (Å²) in [5.41, 5.74) is 2.86. The van der Waals surface area contributed by atoms with Gasteiger partial charge in [-0.15, -0.1) is 0 Å². The van der Waals surface area contributed by atoms with Gasteiger partial charge in [-0.1, -0.05) is 12.1 Å². The van der Waals surface area contributed by atoms with Crippen molar-refractivity contribution < 1.29 is 9.90 Å². The van der Waals surface area contributed by atoms with Crippen molar-refractivity contribution >= 4 is 5.97 Å². The number of carboxylic acid groups (broad SMARTS) is 1. The lowest BCUT2D eigenvalue weighted by molar-refractivity contribution is 0.0697. The van der Waals surface area contributed by atoms with Crippen LogP contribution in [-0.4, -0.2) is 16.1 Å². The highest BCUT2D eigenvalue weighted by Gasteiger charge is 2.01. The average Bonchev–Trinajstić information content (AvgIpc) is 2.45. The third-order valence-corrected chi connectivity index (χ3v) is 3.13. The Bertz CT molecular complexity index is 520. The normalized spacial score (nSPS) is 10.3. The van der Waals surface area contributed by atoms with E-state index in [0.29, 0.717) is 5.56 Å². The lowest BCUT2D eigenvalue weighted by Gasteiger charge is -2.03. The largest absolute Gasteiger partial charge is 0.478 e. The van der Waals surface area contributed by atoms with E-state index >= 15 is 0 Å². The van der Waals surface area contributed by atoms with Crippen LogP contribution >= 0.6 is 0 Å². The molecule has 1 N–H and O–H groups in total. The van der Waals surface area contributed by atoms with Gasteiger partial charge in [-0.05, 0) is 61.1 Å². The van der Waals surface area contributed by atoms with Crippen molar-refractivity contribution in [3.05, 3.63) is 65.5 Å². The van der Waals surface area contributed by atoms with E-state index in [-0.39, 0.29) is 0 Å². The van der Waals surface area contributed by atoms with Crippen LogP contribution in [0.1, 0.15) is 34.3 Å². The molecule has 19 heavy (non-hydrogen) atoms. The van der Waals surface area contributed by atoms with E-state index in [1.54, 1.807) is 12.1 Å². The van der Waals surface area contributed by atoms with E-state index < -0.39 is 5.97 Å². The molecule has 0 unspecified atom stereocenters. The molecule has 0 fully saturated rings. The predicted molar refractivity (Wildman–Crippen MR) is 74.3 cm³/mol. The zero-order chi connectivity index (χ0) is 13.5. The van der Waals surface area contributed by atoms with Crippen molar-refractivity contribution in [3.63, 3.8) is 0 Å². The molecule has 0 aliphatic heterocycles. The molecule has 3 nitrogen and oxygen atoms in total. The Kier molecular flexibility index (Phi) is 4.67. The SMILES string of the molecule is O=C(O)c1ccc(CCCCc2ccncc2)cc1. The number of pyridine rings is 1. The number of unbranched alkanes of at least 4 members (excludes halogenated alkanes) is 1. The summed E-state index contributed by atoms with van der Waals surface area (Å²) in [6.07, 6.45) is 7.93.